The van der Waals surface area contributed by atoms with E-state index < -0.39 is 6.36 Å². The smallest absolute Gasteiger partial charge is 0.496 e. The number of likely N-dealkylation sites (N-methyl/N-ethyl adjacent to an activating group) is 1. The number of rotatable bonds is 8. The summed E-state index contributed by atoms with van der Waals surface area (Å²) in [4.78, 5) is 21.2. The van der Waals surface area contributed by atoms with Crippen LogP contribution in [0.5, 0.6) is 11.5 Å². The van der Waals surface area contributed by atoms with Gasteiger partial charge in [0.2, 0.25) is 5.91 Å². The number of ether oxygens (including phenoxy) is 2. The van der Waals surface area contributed by atoms with Crippen molar-refractivity contribution < 1.29 is 27.4 Å². The Morgan fingerprint density at radius 2 is 1.88 bits per heavy atom. The van der Waals surface area contributed by atoms with Crippen molar-refractivity contribution in [3.8, 4) is 11.5 Å². The highest BCUT2D eigenvalue weighted by Gasteiger charge is 2.31. The number of benzene rings is 2. The number of alkyl halides is 3. The Hall–Kier alpha value is -2.85. The topological polar surface area (TPSA) is 54.9 Å². The molecule has 1 aromatic heterocycles. The molecule has 0 radical (unpaired) electrons. The van der Waals surface area contributed by atoms with E-state index in [-0.39, 0.29) is 18.1 Å². The predicted octanol–water partition coefficient (Wildman–Crippen LogP) is 4.65. The van der Waals surface area contributed by atoms with Gasteiger partial charge in [-0.2, -0.15) is 0 Å². The van der Waals surface area contributed by atoms with Gasteiger partial charge in [-0.05, 0) is 50.3 Å². The molecule has 0 aliphatic rings. The number of aryl methyl sites for hydroxylation is 1. The number of anilines is 1. The van der Waals surface area contributed by atoms with Crippen molar-refractivity contribution in [3.05, 3.63) is 47.5 Å². The molecule has 0 spiro atoms. The SMILES string of the molecule is COc1ccc(CC(=O)N(CCN(C)C)c2nc3ccc(OC(F)(F)F)cc3s2)cc1C. The second kappa shape index (κ2) is 9.74. The molecule has 32 heavy (non-hydrogen) atoms. The van der Waals surface area contributed by atoms with Crippen LogP contribution >= 0.6 is 11.3 Å². The van der Waals surface area contributed by atoms with E-state index in [4.69, 9.17) is 4.74 Å². The van der Waals surface area contributed by atoms with Gasteiger partial charge in [-0.1, -0.05) is 23.5 Å². The maximum Gasteiger partial charge on any atom is 0.573 e. The first-order valence-electron chi connectivity index (χ1n) is 9.80. The summed E-state index contributed by atoms with van der Waals surface area (Å²) in [6.07, 6.45) is -4.61. The largest absolute Gasteiger partial charge is 0.573 e. The Balaban J connectivity index is 1.87. The van der Waals surface area contributed by atoms with E-state index in [1.807, 2.05) is 44.1 Å². The van der Waals surface area contributed by atoms with E-state index in [2.05, 4.69) is 9.72 Å². The highest BCUT2D eigenvalue weighted by atomic mass is 32.1. The van der Waals surface area contributed by atoms with Crippen LogP contribution in [0.2, 0.25) is 0 Å². The second-order valence-electron chi connectivity index (χ2n) is 7.50. The van der Waals surface area contributed by atoms with Gasteiger partial charge in [0.15, 0.2) is 5.13 Å². The minimum absolute atomic E-state index is 0.151. The monoisotopic (exact) mass is 467 g/mol. The summed E-state index contributed by atoms with van der Waals surface area (Å²) < 4.78 is 47.4. The van der Waals surface area contributed by atoms with E-state index in [1.165, 1.54) is 18.2 Å². The van der Waals surface area contributed by atoms with Crippen molar-refractivity contribution in [2.24, 2.45) is 0 Å². The van der Waals surface area contributed by atoms with Crippen LogP contribution in [0.15, 0.2) is 36.4 Å². The molecule has 2 aromatic carbocycles. The minimum atomic E-state index is -4.77. The summed E-state index contributed by atoms with van der Waals surface area (Å²) >= 11 is 1.15. The van der Waals surface area contributed by atoms with Crippen LogP contribution in [0.4, 0.5) is 18.3 Å². The van der Waals surface area contributed by atoms with Crippen molar-refractivity contribution in [3.63, 3.8) is 0 Å². The maximum atomic E-state index is 13.2. The molecule has 172 valence electrons. The zero-order valence-corrected chi connectivity index (χ0v) is 19.0. The number of carbonyl (C=O) groups is 1. The average molecular weight is 468 g/mol. The average Bonchev–Trinajstić information content (AvgIpc) is 3.09. The van der Waals surface area contributed by atoms with Crippen LogP contribution in [-0.4, -0.2) is 56.4 Å². The molecule has 0 aliphatic carbocycles. The minimum Gasteiger partial charge on any atom is -0.496 e. The summed E-state index contributed by atoms with van der Waals surface area (Å²) in [6, 6.07) is 9.52. The van der Waals surface area contributed by atoms with Gasteiger partial charge in [0.25, 0.3) is 0 Å². The van der Waals surface area contributed by atoms with Gasteiger partial charge < -0.3 is 14.4 Å². The quantitative estimate of drug-likeness (QED) is 0.483. The van der Waals surface area contributed by atoms with Gasteiger partial charge in [0.1, 0.15) is 11.5 Å². The number of hydrogen-bond acceptors (Lipinski definition) is 6. The number of amides is 1. The van der Waals surface area contributed by atoms with E-state index in [9.17, 15) is 18.0 Å². The van der Waals surface area contributed by atoms with E-state index >= 15 is 0 Å². The second-order valence-corrected chi connectivity index (χ2v) is 8.51. The lowest BCUT2D eigenvalue weighted by molar-refractivity contribution is -0.274. The van der Waals surface area contributed by atoms with Crippen LogP contribution in [0.1, 0.15) is 11.1 Å². The van der Waals surface area contributed by atoms with Gasteiger partial charge in [0, 0.05) is 19.2 Å². The third-order valence-corrected chi connectivity index (χ3v) is 5.74. The highest BCUT2D eigenvalue weighted by Crippen LogP contribution is 2.33. The Labute approximate surface area is 188 Å². The molecule has 0 atom stereocenters. The molecule has 0 bridgehead atoms. The first kappa shape index (κ1) is 23.8. The lowest BCUT2D eigenvalue weighted by Crippen LogP contribution is -2.37. The normalized spacial score (nSPS) is 11.8. The number of aromatic nitrogens is 1. The first-order valence-corrected chi connectivity index (χ1v) is 10.6. The van der Waals surface area contributed by atoms with Gasteiger partial charge in [0.05, 0.1) is 23.7 Å². The molecule has 1 amide bonds. The molecule has 0 saturated heterocycles. The summed E-state index contributed by atoms with van der Waals surface area (Å²) in [5.41, 5.74) is 2.27. The molecule has 10 heteroatoms. The molecule has 0 saturated carbocycles. The van der Waals surface area contributed by atoms with Gasteiger partial charge in [-0.3, -0.25) is 9.69 Å². The van der Waals surface area contributed by atoms with Crippen LogP contribution in [-0.2, 0) is 11.2 Å². The summed E-state index contributed by atoms with van der Waals surface area (Å²) in [6.45, 7) is 2.91. The van der Waals surface area contributed by atoms with Crippen molar-refractivity contribution in [2.75, 3.05) is 39.2 Å². The molecular formula is C22H24F3N3O3S. The van der Waals surface area contributed by atoms with Crippen LogP contribution in [0.3, 0.4) is 0 Å². The summed E-state index contributed by atoms with van der Waals surface area (Å²) in [7, 11) is 5.39. The fraction of sp³-hybridized carbons (Fsp3) is 0.364. The van der Waals surface area contributed by atoms with E-state index in [1.54, 1.807) is 12.0 Å². The fourth-order valence-corrected chi connectivity index (χ4v) is 4.19. The number of halogens is 3. The van der Waals surface area contributed by atoms with E-state index in [0.29, 0.717) is 28.4 Å². The molecule has 1 heterocycles. The van der Waals surface area contributed by atoms with Crippen molar-refractivity contribution in [1.29, 1.82) is 0 Å². The number of methoxy groups -OCH3 is 1. The fourth-order valence-electron chi connectivity index (χ4n) is 3.15. The maximum absolute atomic E-state index is 13.2. The van der Waals surface area contributed by atoms with E-state index in [0.717, 1.165) is 28.2 Å². The number of nitrogens with zero attached hydrogens (tertiary/aromatic N) is 3. The Morgan fingerprint density at radius 3 is 2.50 bits per heavy atom. The zero-order valence-electron chi connectivity index (χ0n) is 18.2. The summed E-state index contributed by atoms with van der Waals surface area (Å²) in [5, 5.41) is 0.432. The number of hydrogen-bond donors (Lipinski definition) is 0. The lowest BCUT2D eigenvalue weighted by Gasteiger charge is -2.22. The zero-order chi connectivity index (χ0) is 23.5. The van der Waals surface area contributed by atoms with Crippen molar-refractivity contribution in [2.45, 2.75) is 19.7 Å². The van der Waals surface area contributed by atoms with Gasteiger partial charge in [-0.25, -0.2) is 4.98 Å². The molecule has 6 nitrogen and oxygen atoms in total. The Kier molecular flexibility index (Phi) is 7.25. The van der Waals surface area contributed by atoms with Crippen LogP contribution in [0, 0.1) is 6.92 Å². The predicted molar refractivity (Wildman–Crippen MR) is 119 cm³/mol. The van der Waals surface area contributed by atoms with Crippen LogP contribution in [0.25, 0.3) is 10.2 Å². The molecule has 3 rings (SSSR count). The van der Waals surface area contributed by atoms with Crippen molar-refractivity contribution in [1.82, 2.24) is 9.88 Å². The van der Waals surface area contributed by atoms with Gasteiger partial charge >= 0.3 is 6.36 Å². The standard InChI is InChI=1S/C22H24F3N3O3S/c1-14-11-15(5-8-18(14)30-4)12-20(29)28(10-9-27(2)3)21-26-17-7-6-16(13-19(17)32-21)31-22(23,24)25/h5-8,11,13H,9-10,12H2,1-4H3. The highest BCUT2D eigenvalue weighted by molar-refractivity contribution is 7.22. The number of thiazole rings is 1. The molecule has 0 fully saturated rings. The third kappa shape index (κ3) is 6.10. The van der Waals surface area contributed by atoms with Crippen molar-refractivity contribution >= 4 is 32.6 Å². The number of fused-ring (bicyclic) bond motifs is 1. The molecule has 0 unspecified atom stereocenters. The molecule has 0 aliphatic heterocycles. The Bertz CT molecular complexity index is 1100. The molecule has 3 aromatic rings. The number of carbonyl (C=O) groups excluding carboxylic acids is 1. The molecular weight excluding hydrogens is 443 g/mol. The molecule has 0 N–H and O–H groups in total. The van der Waals surface area contributed by atoms with Crippen LogP contribution < -0.4 is 14.4 Å². The lowest BCUT2D eigenvalue weighted by atomic mass is 10.1. The Morgan fingerprint density at radius 1 is 1.12 bits per heavy atom. The first-order chi connectivity index (χ1) is 15.1. The summed E-state index contributed by atoms with van der Waals surface area (Å²) in [5.74, 6) is 0.274. The third-order valence-electron chi connectivity index (χ3n) is 4.70. The van der Waals surface area contributed by atoms with Gasteiger partial charge in [-0.15, -0.1) is 13.2 Å².